The summed E-state index contributed by atoms with van der Waals surface area (Å²) in [6.45, 7) is 1.05. The van der Waals surface area contributed by atoms with Crippen LogP contribution in [0, 0.1) is 5.92 Å². The summed E-state index contributed by atoms with van der Waals surface area (Å²) in [5.74, 6) is 2.77. The van der Waals surface area contributed by atoms with Gasteiger partial charge in [-0.15, -0.1) is 0 Å². The maximum atomic E-state index is 12.4. The van der Waals surface area contributed by atoms with E-state index in [9.17, 15) is 4.79 Å². The lowest BCUT2D eigenvalue weighted by Gasteiger charge is -2.33. The van der Waals surface area contributed by atoms with Crippen LogP contribution in [0.15, 0.2) is 18.6 Å². The Labute approximate surface area is 146 Å². The highest BCUT2D eigenvalue weighted by Crippen LogP contribution is 2.29. The van der Waals surface area contributed by atoms with Crippen LogP contribution in [0.4, 0.5) is 11.8 Å². The number of amides is 1. The van der Waals surface area contributed by atoms with E-state index < -0.39 is 0 Å². The Morgan fingerprint density at radius 2 is 1.92 bits per heavy atom. The molecule has 0 radical (unpaired) electrons. The van der Waals surface area contributed by atoms with E-state index in [0.717, 1.165) is 23.8 Å². The predicted molar refractivity (Wildman–Crippen MR) is 96.0 cm³/mol. The van der Waals surface area contributed by atoms with Crippen LogP contribution in [0.5, 0.6) is 0 Å². The van der Waals surface area contributed by atoms with Gasteiger partial charge in [-0.2, -0.15) is 0 Å². The Hall–Kier alpha value is -2.64. The maximum Gasteiger partial charge on any atom is 0.249 e. The number of nitrogens with zero attached hydrogens (tertiary/aromatic N) is 5. The van der Waals surface area contributed by atoms with Gasteiger partial charge >= 0.3 is 0 Å². The fourth-order valence-corrected chi connectivity index (χ4v) is 3.66. The van der Waals surface area contributed by atoms with Crippen LogP contribution >= 0.6 is 0 Å². The van der Waals surface area contributed by atoms with E-state index in [1.807, 2.05) is 9.58 Å². The van der Waals surface area contributed by atoms with Gasteiger partial charge in [-0.1, -0.05) is 19.3 Å². The standard InChI is InChI=1S/C17H23N7O/c1-18-17-20-7-13(8-21-17)16-19-9-14-23(15(25)10-22-24(14)16)11-12-5-3-2-4-6-12/h7-9,12,22H,2-6,10-11H2,1H3,(H,18,20,21). The van der Waals surface area contributed by atoms with Crippen LogP contribution in [-0.4, -0.2) is 45.7 Å². The van der Waals surface area contributed by atoms with Crippen molar-refractivity contribution in [3.63, 3.8) is 0 Å². The molecule has 132 valence electrons. The van der Waals surface area contributed by atoms with E-state index in [0.29, 0.717) is 11.9 Å². The van der Waals surface area contributed by atoms with Crippen molar-refractivity contribution in [1.29, 1.82) is 0 Å². The van der Waals surface area contributed by atoms with Gasteiger partial charge < -0.3 is 10.7 Å². The average molecular weight is 341 g/mol. The van der Waals surface area contributed by atoms with Gasteiger partial charge in [-0.05, 0) is 18.8 Å². The Balaban J connectivity index is 1.61. The minimum atomic E-state index is 0.103. The SMILES string of the molecule is CNc1ncc(-c2ncc3n2NCC(=O)N3CC2CCCCC2)cn1. The van der Waals surface area contributed by atoms with E-state index >= 15 is 0 Å². The summed E-state index contributed by atoms with van der Waals surface area (Å²) in [6, 6.07) is 0. The van der Waals surface area contributed by atoms with Gasteiger partial charge in [-0.3, -0.25) is 9.69 Å². The monoisotopic (exact) mass is 341 g/mol. The molecule has 1 amide bonds. The fraction of sp³-hybridized carbons (Fsp3) is 0.529. The number of hydrogen-bond acceptors (Lipinski definition) is 6. The van der Waals surface area contributed by atoms with E-state index in [-0.39, 0.29) is 12.5 Å². The lowest BCUT2D eigenvalue weighted by atomic mass is 9.89. The largest absolute Gasteiger partial charge is 0.357 e. The highest BCUT2D eigenvalue weighted by Gasteiger charge is 2.29. The molecule has 0 saturated heterocycles. The van der Waals surface area contributed by atoms with Crippen LogP contribution in [0.25, 0.3) is 11.4 Å². The third-order valence-corrected chi connectivity index (χ3v) is 5.01. The van der Waals surface area contributed by atoms with Crippen molar-refractivity contribution in [2.24, 2.45) is 5.92 Å². The molecule has 0 unspecified atom stereocenters. The van der Waals surface area contributed by atoms with Gasteiger partial charge in [0.2, 0.25) is 11.9 Å². The second-order valence-corrected chi connectivity index (χ2v) is 6.66. The summed E-state index contributed by atoms with van der Waals surface area (Å²) in [6.07, 6.45) is 11.5. The summed E-state index contributed by atoms with van der Waals surface area (Å²) in [4.78, 5) is 27.3. The molecule has 1 saturated carbocycles. The number of nitrogens with one attached hydrogen (secondary N) is 2. The number of carbonyl (C=O) groups is 1. The smallest absolute Gasteiger partial charge is 0.249 e. The van der Waals surface area contributed by atoms with Crippen molar-refractivity contribution in [3.8, 4) is 11.4 Å². The predicted octanol–water partition coefficient (Wildman–Crippen LogP) is 1.85. The van der Waals surface area contributed by atoms with E-state index in [1.54, 1.807) is 25.6 Å². The Kier molecular flexibility index (Phi) is 4.25. The summed E-state index contributed by atoms with van der Waals surface area (Å²) in [7, 11) is 1.78. The van der Waals surface area contributed by atoms with Crippen molar-refractivity contribution < 1.29 is 4.79 Å². The Morgan fingerprint density at radius 3 is 2.64 bits per heavy atom. The van der Waals surface area contributed by atoms with Gasteiger partial charge in [0.25, 0.3) is 0 Å². The zero-order chi connectivity index (χ0) is 17.2. The molecular formula is C17H23N7O. The molecule has 8 heteroatoms. The molecule has 1 aliphatic heterocycles. The number of imidazole rings is 1. The van der Waals surface area contributed by atoms with E-state index in [4.69, 9.17) is 0 Å². The van der Waals surface area contributed by atoms with Crippen LogP contribution in [0.3, 0.4) is 0 Å². The number of aromatic nitrogens is 4. The highest BCUT2D eigenvalue weighted by atomic mass is 16.2. The minimum absolute atomic E-state index is 0.103. The van der Waals surface area contributed by atoms with Gasteiger partial charge in [0, 0.05) is 26.0 Å². The molecular weight excluding hydrogens is 318 g/mol. The Morgan fingerprint density at radius 1 is 1.16 bits per heavy atom. The quantitative estimate of drug-likeness (QED) is 0.882. The van der Waals surface area contributed by atoms with E-state index in [2.05, 4.69) is 25.7 Å². The molecule has 0 aromatic carbocycles. The molecule has 8 nitrogen and oxygen atoms in total. The minimum Gasteiger partial charge on any atom is -0.357 e. The number of carbonyl (C=O) groups excluding carboxylic acids is 1. The second-order valence-electron chi connectivity index (χ2n) is 6.66. The van der Waals surface area contributed by atoms with Gasteiger partial charge in [-0.25, -0.2) is 19.6 Å². The topological polar surface area (TPSA) is 88.0 Å². The molecule has 2 aromatic heterocycles. The molecule has 1 aliphatic carbocycles. The molecule has 2 aliphatic rings. The summed E-state index contributed by atoms with van der Waals surface area (Å²) < 4.78 is 1.88. The van der Waals surface area contributed by atoms with E-state index in [1.165, 1.54) is 32.1 Å². The molecule has 25 heavy (non-hydrogen) atoms. The first-order valence-corrected chi connectivity index (χ1v) is 8.88. The molecule has 4 rings (SSSR count). The first-order valence-electron chi connectivity index (χ1n) is 8.88. The third kappa shape index (κ3) is 3.04. The van der Waals surface area contributed by atoms with Crippen molar-refractivity contribution in [1.82, 2.24) is 19.6 Å². The van der Waals surface area contributed by atoms with Crippen molar-refractivity contribution in [3.05, 3.63) is 18.6 Å². The van der Waals surface area contributed by atoms with Crippen LogP contribution in [0.1, 0.15) is 32.1 Å². The zero-order valence-corrected chi connectivity index (χ0v) is 14.4. The average Bonchev–Trinajstić information content (AvgIpc) is 3.09. The molecule has 0 bridgehead atoms. The number of fused-ring (bicyclic) bond motifs is 1. The lowest BCUT2D eigenvalue weighted by Crippen LogP contribution is -2.46. The third-order valence-electron chi connectivity index (χ3n) is 5.01. The van der Waals surface area contributed by atoms with Crippen LogP contribution in [-0.2, 0) is 4.79 Å². The van der Waals surface area contributed by atoms with Gasteiger partial charge in [0.05, 0.1) is 11.8 Å². The molecule has 1 fully saturated rings. The Bertz CT molecular complexity index is 749. The number of hydrogen-bond donors (Lipinski definition) is 2. The van der Waals surface area contributed by atoms with Gasteiger partial charge in [0.1, 0.15) is 6.54 Å². The highest BCUT2D eigenvalue weighted by molar-refractivity contribution is 5.96. The first-order chi connectivity index (χ1) is 12.3. The van der Waals surface area contributed by atoms with Crippen molar-refractivity contribution in [2.75, 3.05) is 35.8 Å². The normalized spacial score (nSPS) is 18.0. The summed E-state index contributed by atoms with van der Waals surface area (Å²) in [5, 5.41) is 2.90. The van der Waals surface area contributed by atoms with Crippen LogP contribution in [0.2, 0.25) is 0 Å². The number of rotatable bonds is 4. The fourth-order valence-electron chi connectivity index (χ4n) is 3.66. The molecule has 3 heterocycles. The maximum absolute atomic E-state index is 12.4. The molecule has 0 atom stereocenters. The first kappa shape index (κ1) is 15.9. The summed E-state index contributed by atoms with van der Waals surface area (Å²) >= 11 is 0. The molecule has 2 aromatic rings. The van der Waals surface area contributed by atoms with Crippen molar-refractivity contribution in [2.45, 2.75) is 32.1 Å². The second kappa shape index (κ2) is 6.70. The zero-order valence-electron chi connectivity index (χ0n) is 14.4. The number of anilines is 2. The molecule has 2 N–H and O–H groups in total. The van der Waals surface area contributed by atoms with Gasteiger partial charge in [0.15, 0.2) is 11.6 Å². The summed E-state index contributed by atoms with van der Waals surface area (Å²) in [5.41, 5.74) is 3.96. The molecule has 0 spiro atoms. The lowest BCUT2D eigenvalue weighted by molar-refractivity contribution is -0.117. The van der Waals surface area contributed by atoms with Crippen LogP contribution < -0.4 is 15.6 Å². The van der Waals surface area contributed by atoms with Crippen molar-refractivity contribution >= 4 is 17.7 Å².